The summed E-state index contributed by atoms with van der Waals surface area (Å²) in [4.78, 5) is 0. The number of hydrogen-bond acceptors (Lipinski definition) is 0. The largest absolute Gasteiger partial charge is 0.0625 e. The molecule has 0 radical (unpaired) electrons. The first kappa shape index (κ1) is 6.69. The minimum Gasteiger partial charge on any atom is -0.0625 e. The second-order valence-electron chi connectivity index (χ2n) is 4.58. The minimum atomic E-state index is 0.954. The highest BCUT2D eigenvalue weighted by Crippen LogP contribution is 2.50. The van der Waals surface area contributed by atoms with Gasteiger partial charge in [0.1, 0.15) is 0 Å². The third-order valence-electron chi connectivity index (χ3n) is 3.65. The third-order valence-corrected chi connectivity index (χ3v) is 3.65. The number of rotatable bonds is 1. The van der Waals surface area contributed by atoms with Gasteiger partial charge in [0.25, 0.3) is 0 Å². The topological polar surface area (TPSA) is 0 Å². The van der Waals surface area contributed by atoms with Gasteiger partial charge in [-0.05, 0) is 42.9 Å². The maximum atomic E-state index is 2.39. The molecule has 0 aromatic carbocycles. The molecular weight excluding hydrogens is 120 g/mol. The van der Waals surface area contributed by atoms with Gasteiger partial charge in [0.05, 0.1) is 0 Å². The van der Waals surface area contributed by atoms with Crippen LogP contribution in [0.15, 0.2) is 0 Å². The molecule has 0 N–H and O–H groups in total. The lowest BCUT2D eigenvalue weighted by Gasteiger charge is -2.24. The lowest BCUT2D eigenvalue weighted by Crippen LogP contribution is -2.15. The predicted octanol–water partition coefficient (Wildman–Crippen LogP) is 3.08. The zero-order valence-electron chi connectivity index (χ0n) is 7.14. The van der Waals surface area contributed by atoms with Gasteiger partial charge >= 0.3 is 0 Å². The Morgan fingerprint density at radius 1 is 1.10 bits per heavy atom. The fourth-order valence-corrected chi connectivity index (χ4v) is 3.11. The molecular formula is C10H18. The maximum Gasteiger partial charge on any atom is -0.0360 e. The van der Waals surface area contributed by atoms with Crippen molar-refractivity contribution >= 4 is 0 Å². The van der Waals surface area contributed by atoms with E-state index in [1.54, 1.807) is 25.7 Å². The van der Waals surface area contributed by atoms with Crippen LogP contribution in [0.25, 0.3) is 0 Å². The molecule has 3 atom stereocenters. The molecule has 0 aromatic rings. The molecule has 2 bridgehead atoms. The highest BCUT2D eigenvalue weighted by Gasteiger charge is 2.40. The number of fused-ring (bicyclic) bond motifs is 2. The van der Waals surface area contributed by atoms with Crippen LogP contribution in [-0.2, 0) is 0 Å². The van der Waals surface area contributed by atoms with Crippen molar-refractivity contribution < 1.29 is 0 Å². The molecule has 0 unspecified atom stereocenters. The van der Waals surface area contributed by atoms with Gasteiger partial charge in [0, 0.05) is 0 Å². The van der Waals surface area contributed by atoms with Crippen molar-refractivity contribution in [3.05, 3.63) is 0 Å². The first-order valence-corrected chi connectivity index (χ1v) is 4.77. The first-order chi connectivity index (χ1) is 4.77. The summed E-state index contributed by atoms with van der Waals surface area (Å²) in [6.07, 6.45) is 6.23. The van der Waals surface area contributed by atoms with Crippen LogP contribution in [0, 0.1) is 23.7 Å². The van der Waals surface area contributed by atoms with E-state index in [4.69, 9.17) is 0 Å². The normalized spacial score (nSPS) is 45.3. The predicted molar refractivity (Wildman–Crippen MR) is 43.8 cm³/mol. The van der Waals surface area contributed by atoms with Gasteiger partial charge in [0.2, 0.25) is 0 Å². The summed E-state index contributed by atoms with van der Waals surface area (Å²) in [7, 11) is 0. The zero-order valence-corrected chi connectivity index (χ0v) is 7.14. The van der Waals surface area contributed by atoms with Crippen molar-refractivity contribution in [1.29, 1.82) is 0 Å². The Hall–Kier alpha value is 0. The average molecular weight is 138 g/mol. The van der Waals surface area contributed by atoms with Crippen molar-refractivity contribution in [1.82, 2.24) is 0 Å². The second-order valence-corrected chi connectivity index (χ2v) is 4.58. The molecule has 0 heterocycles. The van der Waals surface area contributed by atoms with Gasteiger partial charge in [-0.2, -0.15) is 0 Å². The highest BCUT2D eigenvalue weighted by molar-refractivity contribution is 4.90. The Bertz CT molecular complexity index is 126. The van der Waals surface area contributed by atoms with E-state index in [0.717, 1.165) is 23.7 Å². The molecule has 0 heteroatoms. The number of hydrogen-bond donors (Lipinski definition) is 0. The van der Waals surface area contributed by atoms with Crippen LogP contribution >= 0.6 is 0 Å². The van der Waals surface area contributed by atoms with E-state index < -0.39 is 0 Å². The standard InChI is InChI=1S/C10H18/c1-7(2)10-6-8-3-4-9(10)5-8/h7-10H,3-6H2,1-2H3/t8-,9-,10+/m0/s1. The third kappa shape index (κ3) is 0.889. The lowest BCUT2D eigenvalue weighted by molar-refractivity contribution is 0.256. The van der Waals surface area contributed by atoms with Crippen molar-refractivity contribution in [2.24, 2.45) is 23.7 Å². The van der Waals surface area contributed by atoms with Crippen molar-refractivity contribution in [3.63, 3.8) is 0 Å². The van der Waals surface area contributed by atoms with Crippen LogP contribution in [-0.4, -0.2) is 0 Å². The molecule has 2 fully saturated rings. The summed E-state index contributed by atoms with van der Waals surface area (Å²) in [5, 5.41) is 0. The van der Waals surface area contributed by atoms with Crippen LogP contribution in [0.5, 0.6) is 0 Å². The molecule has 2 saturated carbocycles. The summed E-state index contributed by atoms with van der Waals surface area (Å²) in [6, 6.07) is 0. The zero-order chi connectivity index (χ0) is 7.14. The molecule has 2 aliphatic carbocycles. The molecule has 0 nitrogen and oxygen atoms in total. The molecule has 0 spiro atoms. The summed E-state index contributed by atoms with van der Waals surface area (Å²) in [5.41, 5.74) is 0. The second kappa shape index (κ2) is 2.25. The molecule has 0 amide bonds. The summed E-state index contributed by atoms with van der Waals surface area (Å²) in [6.45, 7) is 4.79. The smallest absolute Gasteiger partial charge is 0.0360 e. The van der Waals surface area contributed by atoms with Crippen LogP contribution in [0.2, 0.25) is 0 Å². The van der Waals surface area contributed by atoms with Crippen LogP contribution in [0.4, 0.5) is 0 Å². The Morgan fingerprint density at radius 3 is 2.20 bits per heavy atom. The Kier molecular flexibility index (Phi) is 1.51. The lowest BCUT2D eigenvalue weighted by atomic mass is 9.81. The summed E-state index contributed by atoms with van der Waals surface area (Å²) >= 11 is 0. The van der Waals surface area contributed by atoms with Gasteiger partial charge in [-0.3, -0.25) is 0 Å². The van der Waals surface area contributed by atoms with E-state index >= 15 is 0 Å². The summed E-state index contributed by atoms with van der Waals surface area (Å²) in [5.74, 6) is 4.32. The molecule has 0 aliphatic heterocycles. The highest BCUT2D eigenvalue weighted by atomic mass is 14.5. The molecule has 58 valence electrons. The maximum absolute atomic E-state index is 2.39. The van der Waals surface area contributed by atoms with E-state index in [2.05, 4.69) is 13.8 Å². The monoisotopic (exact) mass is 138 g/mol. The molecule has 0 saturated heterocycles. The van der Waals surface area contributed by atoms with Gasteiger partial charge in [-0.25, -0.2) is 0 Å². The van der Waals surface area contributed by atoms with Crippen molar-refractivity contribution in [2.75, 3.05) is 0 Å². The van der Waals surface area contributed by atoms with Gasteiger partial charge in [-0.15, -0.1) is 0 Å². The van der Waals surface area contributed by atoms with Crippen LogP contribution in [0.3, 0.4) is 0 Å². The Balaban J connectivity index is 2.02. The van der Waals surface area contributed by atoms with Crippen LogP contribution < -0.4 is 0 Å². The van der Waals surface area contributed by atoms with Crippen LogP contribution in [0.1, 0.15) is 39.5 Å². The van der Waals surface area contributed by atoms with Crippen molar-refractivity contribution in [2.45, 2.75) is 39.5 Å². The fraction of sp³-hybridized carbons (Fsp3) is 1.00. The fourth-order valence-electron chi connectivity index (χ4n) is 3.11. The summed E-state index contributed by atoms with van der Waals surface area (Å²) < 4.78 is 0. The molecule has 2 rings (SSSR count). The quantitative estimate of drug-likeness (QED) is 0.522. The van der Waals surface area contributed by atoms with E-state index in [9.17, 15) is 0 Å². The van der Waals surface area contributed by atoms with E-state index in [0.29, 0.717) is 0 Å². The van der Waals surface area contributed by atoms with Crippen molar-refractivity contribution in [3.8, 4) is 0 Å². The van der Waals surface area contributed by atoms with Gasteiger partial charge < -0.3 is 0 Å². The Labute approximate surface area is 64.0 Å². The van der Waals surface area contributed by atoms with E-state index in [1.165, 1.54) is 0 Å². The molecule has 10 heavy (non-hydrogen) atoms. The van der Waals surface area contributed by atoms with E-state index in [-0.39, 0.29) is 0 Å². The minimum absolute atomic E-state index is 0.954. The SMILES string of the molecule is CC(C)[C@H]1C[C@H]2CC[C@H]1C2. The first-order valence-electron chi connectivity index (χ1n) is 4.77. The Morgan fingerprint density at radius 2 is 1.90 bits per heavy atom. The molecule has 2 aliphatic rings. The van der Waals surface area contributed by atoms with Gasteiger partial charge in [-0.1, -0.05) is 20.3 Å². The van der Waals surface area contributed by atoms with E-state index in [1.807, 2.05) is 0 Å². The molecule has 0 aromatic heterocycles. The van der Waals surface area contributed by atoms with Gasteiger partial charge in [0.15, 0.2) is 0 Å². The average Bonchev–Trinajstić information content (AvgIpc) is 2.44.